The molecule has 21 heavy (non-hydrogen) atoms. The fraction of sp³-hybridized carbons (Fsp3) is 0.429. The number of amides is 1. The quantitative estimate of drug-likeness (QED) is 0.694. The molecule has 1 rings (SSSR count). The van der Waals surface area contributed by atoms with E-state index in [9.17, 15) is 18.0 Å². The molecule has 0 aliphatic heterocycles. The van der Waals surface area contributed by atoms with E-state index in [0.717, 1.165) is 11.8 Å². The Kier molecular flexibility index (Phi) is 6.36. The van der Waals surface area contributed by atoms with Crippen LogP contribution in [0, 0.1) is 0 Å². The summed E-state index contributed by atoms with van der Waals surface area (Å²) >= 11 is 0. The van der Waals surface area contributed by atoms with Crippen molar-refractivity contribution < 1.29 is 23.1 Å². The lowest BCUT2D eigenvalue weighted by Crippen LogP contribution is -2.26. The third-order valence-corrected chi connectivity index (χ3v) is 3.89. The zero-order chi connectivity index (χ0) is 15.9. The average molecular weight is 313 g/mol. The maximum absolute atomic E-state index is 11.6. The molecule has 116 valence electrons. The van der Waals surface area contributed by atoms with E-state index >= 15 is 0 Å². The number of rotatable bonds is 8. The second-order valence-corrected chi connectivity index (χ2v) is 7.10. The average Bonchev–Trinajstić information content (AvgIpc) is 2.41. The molecule has 0 aromatic heterocycles. The minimum absolute atomic E-state index is 0.0595. The maximum Gasteiger partial charge on any atom is 0.335 e. The molecular weight excluding hydrogens is 294 g/mol. The van der Waals surface area contributed by atoms with Gasteiger partial charge in [-0.2, -0.15) is 0 Å². The van der Waals surface area contributed by atoms with Crippen LogP contribution in [-0.2, 0) is 21.1 Å². The van der Waals surface area contributed by atoms with Crippen molar-refractivity contribution in [3.05, 3.63) is 35.4 Å². The van der Waals surface area contributed by atoms with Gasteiger partial charge in [-0.3, -0.25) is 4.79 Å². The SMILES string of the molecule is CS(=O)(=O)CCCNC(=O)CCc1ccc(C(=O)O)cc1. The standard InChI is InChI=1S/C14H19NO5S/c1-21(19,20)10-2-9-15-13(16)8-5-11-3-6-12(7-4-11)14(17)18/h3-4,6-7H,2,5,8-10H2,1H3,(H,15,16)(H,17,18). The molecule has 2 N–H and O–H groups in total. The highest BCUT2D eigenvalue weighted by Crippen LogP contribution is 2.06. The highest BCUT2D eigenvalue weighted by atomic mass is 32.2. The Morgan fingerprint density at radius 1 is 1.19 bits per heavy atom. The van der Waals surface area contributed by atoms with E-state index in [1.54, 1.807) is 12.1 Å². The molecule has 1 aromatic carbocycles. The van der Waals surface area contributed by atoms with Gasteiger partial charge in [0.05, 0.1) is 11.3 Å². The second-order valence-electron chi connectivity index (χ2n) is 4.84. The van der Waals surface area contributed by atoms with Gasteiger partial charge in [-0.25, -0.2) is 13.2 Å². The molecule has 0 bridgehead atoms. The van der Waals surface area contributed by atoms with E-state index in [4.69, 9.17) is 5.11 Å². The van der Waals surface area contributed by atoms with Crippen LogP contribution in [0.15, 0.2) is 24.3 Å². The van der Waals surface area contributed by atoms with Crippen molar-refractivity contribution in [2.24, 2.45) is 0 Å². The van der Waals surface area contributed by atoms with Gasteiger partial charge in [-0.15, -0.1) is 0 Å². The Morgan fingerprint density at radius 2 is 1.81 bits per heavy atom. The van der Waals surface area contributed by atoms with Crippen LogP contribution in [0.1, 0.15) is 28.8 Å². The molecule has 0 saturated heterocycles. The highest BCUT2D eigenvalue weighted by molar-refractivity contribution is 7.90. The van der Waals surface area contributed by atoms with E-state index in [1.807, 2.05) is 0 Å². The van der Waals surface area contributed by atoms with Crippen LogP contribution < -0.4 is 5.32 Å². The lowest BCUT2D eigenvalue weighted by Gasteiger charge is -2.05. The number of carbonyl (C=O) groups is 2. The topological polar surface area (TPSA) is 101 Å². The van der Waals surface area contributed by atoms with Crippen LogP contribution in [-0.4, -0.2) is 44.0 Å². The fourth-order valence-electron chi connectivity index (χ4n) is 1.72. The number of carboxylic acid groups (broad SMARTS) is 1. The van der Waals surface area contributed by atoms with Crippen LogP contribution in [0.4, 0.5) is 0 Å². The monoisotopic (exact) mass is 313 g/mol. The van der Waals surface area contributed by atoms with Crippen LogP contribution in [0.3, 0.4) is 0 Å². The van der Waals surface area contributed by atoms with Crippen LogP contribution >= 0.6 is 0 Å². The molecular formula is C14H19NO5S. The molecule has 0 spiro atoms. The molecule has 0 atom stereocenters. The summed E-state index contributed by atoms with van der Waals surface area (Å²) in [6.45, 7) is 0.337. The Balaban J connectivity index is 2.28. The zero-order valence-electron chi connectivity index (χ0n) is 11.8. The van der Waals surface area contributed by atoms with Crippen molar-refractivity contribution in [2.75, 3.05) is 18.6 Å². The van der Waals surface area contributed by atoms with Gasteiger partial charge in [0.2, 0.25) is 5.91 Å². The highest BCUT2D eigenvalue weighted by Gasteiger charge is 2.06. The molecule has 0 aliphatic carbocycles. The number of aromatic carboxylic acids is 1. The van der Waals surface area contributed by atoms with Gasteiger partial charge in [0.1, 0.15) is 9.84 Å². The number of carboxylic acids is 1. The first-order valence-corrected chi connectivity index (χ1v) is 8.60. The number of aryl methyl sites for hydroxylation is 1. The number of benzene rings is 1. The molecule has 0 heterocycles. The van der Waals surface area contributed by atoms with Crippen molar-refractivity contribution in [3.63, 3.8) is 0 Å². The zero-order valence-corrected chi connectivity index (χ0v) is 12.6. The lowest BCUT2D eigenvalue weighted by molar-refractivity contribution is -0.121. The predicted octanol–water partition coefficient (Wildman–Crippen LogP) is 0.868. The first-order valence-electron chi connectivity index (χ1n) is 6.54. The Labute approximate surface area is 124 Å². The Hall–Kier alpha value is -1.89. The summed E-state index contributed by atoms with van der Waals surface area (Å²) in [7, 11) is -2.99. The number of nitrogens with one attached hydrogen (secondary N) is 1. The number of sulfone groups is 1. The van der Waals surface area contributed by atoms with Gasteiger partial charge in [0, 0.05) is 19.2 Å². The van der Waals surface area contributed by atoms with E-state index in [0.29, 0.717) is 19.4 Å². The van der Waals surface area contributed by atoms with Crippen LogP contribution in [0.5, 0.6) is 0 Å². The minimum atomic E-state index is -2.99. The molecule has 0 unspecified atom stereocenters. The van der Waals surface area contributed by atoms with E-state index in [-0.39, 0.29) is 23.6 Å². The smallest absolute Gasteiger partial charge is 0.335 e. The summed E-state index contributed by atoms with van der Waals surface area (Å²) in [5.41, 5.74) is 1.09. The molecule has 1 amide bonds. The van der Waals surface area contributed by atoms with Gasteiger partial charge in [0.25, 0.3) is 0 Å². The van der Waals surface area contributed by atoms with E-state index in [1.165, 1.54) is 12.1 Å². The number of hydrogen-bond acceptors (Lipinski definition) is 4. The van der Waals surface area contributed by atoms with Crippen molar-refractivity contribution in [1.29, 1.82) is 0 Å². The van der Waals surface area contributed by atoms with Gasteiger partial charge in [-0.05, 0) is 30.5 Å². The van der Waals surface area contributed by atoms with Crippen molar-refractivity contribution in [3.8, 4) is 0 Å². The first kappa shape index (κ1) is 17.2. The lowest BCUT2D eigenvalue weighted by atomic mass is 10.1. The molecule has 0 radical (unpaired) electrons. The molecule has 7 heteroatoms. The van der Waals surface area contributed by atoms with Crippen molar-refractivity contribution in [2.45, 2.75) is 19.3 Å². The normalized spacial score (nSPS) is 11.1. The van der Waals surface area contributed by atoms with Crippen LogP contribution in [0.2, 0.25) is 0 Å². The van der Waals surface area contributed by atoms with Crippen molar-refractivity contribution in [1.82, 2.24) is 5.32 Å². The first-order chi connectivity index (χ1) is 9.78. The molecule has 6 nitrogen and oxygen atoms in total. The summed E-state index contributed by atoms with van der Waals surface area (Å²) < 4.78 is 21.8. The summed E-state index contributed by atoms with van der Waals surface area (Å²) in [5, 5.41) is 11.4. The van der Waals surface area contributed by atoms with Gasteiger partial charge in [0.15, 0.2) is 0 Å². The third-order valence-electron chi connectivity index (χ3n) is 2.86. The van der Waals surface area contributed by atoms with Crippen molar-refractivity contribution >= 4 is 21.7 Å². The minimum Gasteiger partial charge on any atom is -0.478 e. The molecule has 0 fully saturated rings. The predicted molar refractivity (Wildman–Crippen MR) is 79.1 cm³/mol. The molecule has 1 aromatic rings. The summed E-state index contributed by atoms with van der Waals surface area (Å²) in [6.07, 6.45) is 2.36. The van der Waals surface area contributed by atoms with E-state index < -0.39 is 15.8 Å². The maximum atomic E-state index is 11.6. The Morgan fingerprint density at radius 3 is 2.33 bits per heavy atom. The van der Waals surface area contributed by atoms with Gasteiger partial charge in [-0.1, -0.05) is 12.1 Å². The summed E-state index contributed by atoms with van der Waals surface area (Å²) in [6, 6.07) is 6.37. The molecule has 0 aliphatic rings. The number of carbonyl (C=O) groups excluding carboxylic acids is 1. The van der Waals surface area contributed by atoms with Gasteiger partial charge >= 0.3 is 5.97 Å². The van der Waals surface area contributed by atoms with Gasteiger partial charge < -0.3 is 10.4 Å². The Bertz CT molecular complexity index is 592. The number of hydrogen-bond donors (Lipinski definition) is 2. The fourth-order valence-corrected chi connectivity index (χ4v) is 2.39. The van der Waals surface area contributed by atoms with E-state index in [2.05, 4.69) is 5.32 Å². The summed E-state index contributed by atoms with van der Waals surface area (Å²) in [4.78, 5) is 22.3. The third kappa shape index (κ3) is 7.45. The summed E-state index contributed by atoms with van der Waals surface area (Å²) in [5.74, 6) is -1.07. The molecule has 0 saturated carbocycles. The second kappa shape index (κ2) is 7.78. The van der Waals surface area contributed by atoms with Crippen LogP contribution in [0.25, 0.3) is 0 Å². The largest absolute Gasteiger partial charge is 0.478 e.